The van der Waals surface area contributed by atoms with Crippen LogP contribution in [0.2, 0.25) is 0 Å². The van der Waals surface area contributed by atoms with E-state index >= 15 is 0 Å². The van der Waals surface area contributed by atoms with Crippen LogP contribution in [0.15, 0.2) is 18.2 Å². The van der Waals surface area contributed by atoms with Crippen molar-refractivity contribution >= 4 is 27.3 Å². The zero-order chi connectivity index (χ0) is 14.0. The van der Waals surface area contributed by atoms with Gasteiger partial charge in [-0.2, -0.15) is 0 Å². The second-order valence-electron chi connectivity index (χ2n) is 4.34. The number of carbonyl (C=O) groups excluding carboxylic acids is 1. The molecule has 0 unspecified atom stereocenters. The predicted octanol–water partition coefficient (Wildman–Crippen LogP) is 1.19. The van der Waals surface area contributed by atoms with Crippen LogP contribution < -0.4 is 14.4 Å². The molecule has 7 heteroatoms. The van der Waals surface area contributed by atoms with Crippen molar-refractivity contribution < 1.29 is 17.9 Å². The highest BCUT2D eigenvalue weighted by atomic mass is 32.2. The predicted molar refractivity (Wildman–Crippen MR) is 73.0 cm³/mol. The van der Waals surface area contributed by atoms with E-state index in [0.717, 1.165) is 0 Å². The second-order valence-corrected chi connectivity index (χ2v) is 6.19. The van der Waals surface area contributed by atoms with Gasteiger partial charge in [-0.15, -0.1) is 0 Å². The zero-order valence-corrected chi connectivity index (χ0v) is 11.7. The summed E-state index contributed by atoms with van der Waals surface area (Å²) in [5.41, 5.74) is 0.991. The lowest BCUT2D eigenvalue weighted by atomic mass is 10.2. The minimum absolute atomic E-state index is 0.00437. The van der Waals surface area contributed by atoms with Gasteiger partial charge < -0.3 is 9.64 Å². The Hall–Kier alpha value is -1.76. The van der Waals surface area contributed by atoms with E-state index < -0.39 is 10.0 Å². The summed E-state index contributed by atoms with van der Waals surface area (Å²) in [6.45, 7) is 1.80. The van der Waals surface area contributed by atoms with Crippen molar-refractivity contribution in [2.45, 2.75) is 13.3 Å². The van der Waals surface area contributed by atoms with Gasteiger partial charge in [-0.3, -0.25) is 9.52 Å². The number of sulfonamides is 1. The van der Waals surface area contributed by atoms with E-state index in [-0.39, 0.29) is 18.3 Å². The van der Waals surface area contributed by atoms with Gasteiger partial charge in [0.2, 0.25) is 10.0 Å². The molecule has 1 heterocycles. The first-order chi connectivity index (χ1) is 8.93. The summed E-state index contributed by atoms with van der Waals surface area (Å²) in [6, 6.07) is 4.87. The van der Waals surface area contributed by atoms with Gasteiger partial charge in [0.05, 0.1) is 17.1 Å². The van der Waals surface area contributed by atoms with Crippen LogP contribution in [-0.4, -0.2) is 33.7 Å². The van der Waals surface area contributed by atoms with E-state index in [1.54, 1.807) is 32.2 Å². The second kappa shape index (κ2) is 5.08. The van der Waals surface area contributed by atoms with E-state index in [9.17, 15) is 13.2 Å². The van der Waals surface area contributed by atoms with E-state index in [0.29, 0.717) is 23.5 Å². The maximum Gasteiger partial charge on any atom is 0.264 e. The number of ether oxygens (including phenoxy) is 1. The van der Waals surface area contributed by atoms with Crippen LogP contribution in [0.1, 0.15) is 13.3 Å². The van der Waals surface area contributed by atoms with Crippen molar-refractivity contribution in [1.82, 2.24) is 0 Å². The molecule has 0 fully saturated rings. The van der Waals surface area contributed by atoms with Gasteiger partial charge in [-0.25, -0.2) is 8.42 Å². The van der Waals surface area contributed by atoms with E-state index in [1.807, 2.05) is 0 Å². The number of hydrogen-bond acceptors (Lipinski definition) is 4. The zero-order valence-electron chi connectivity index (χ0n) is 10.8. The van der Waals surface area contributed by atoms with Crippen LogP contribution in [0.3, 0.4) is 0 Å². The van der Waals surface area contributed by atoms with E-state index in [2.05, 4.69) is 4.72 Å². The molecule has 0 bridgehead atoms. The molecule has 1 aromatic carbocycles. The maximum atomic E-state index is 11.7. The molecular formula is C12H16N2O4S. The molecule has 0 saturated carbocycles. The lowest BCUT2D eigenvalue weighted by molar-refractivity contribution is -0.120. The van der Waals surface area contributed by atoms with Crippen molar-refractivity contribution in [2.75, 3.05) is 29.0 Å². The Bertz CT molecular complexity index is 598. The van der Waals surface area contributed by atoms with Crippen LogP contribution in [0.25, 0.3) is 0 Å². The van der Waals surface area contributed by atoms with Gasteiger partial charge in [0.15, 0.2) is 6.61 Å². The molecule has 0 saturated heterocycles. The third-order valence-electron chi connectivity index (χ3n) is 2.79. The summed E-state index contributed by atoms with van der Waals surface area (Å²) >= 11 is 0. The van der Waals surface area contributed by atoms with Crippen LogP contribution in [-0.2, 0) is 14.8 Å². The molecule has 1 amide bonds. The fraction of sp³-hybridized carbons (Fsp3) is 0.417. The molecule has 19 heavy (non-hydrogen) atoms. The molecule has 0 atom stereocenters. The fourth-order valence-corrected chi connectivity index (χ4v) is 2.96. The summed E-state index contributed by atoms with van der Waals surface area (Å²) < 4.78 is 31.1. The lowest BCUT2D eigenvalue weighted by Crippen LogP contribution is -2.35. The molecular weight excluding hydrogens is 268 g/mol. The van der Waals surface area contributed by atoms with Crippen molar-refractivity contribution in [2.24, 2.45) is 0 Å². The number of hydrogen-bond donors (Lipinski definition) is 1. The number of amides is 1. The first kappa shape index (κ1) is 13.7. The van der Waals surface area contributed by atoms with E-state index in [4.69, 9.17) is 4.74 Å². The number of nitrogens with one attached hydrogen (secondary N) is 1. The van der Waals surface area contributed by atoms with Crippen LogP contribution in [0.5, 0.6) is 5.75 Å². The number of anilines is 2. The Kier molecular flexibility index (Phi) is 3.66. The van der Waals surface area contributed by atoms with Gasteiger partial charge in [0.1, 0.15) is 5.75 Å². The molecule has 1 aliphatic rings. The highest BCUT2D eigenvalue weighted by Crippen LogP contribution is 2.33. The van der Waals surface area contributed by atoms with E-state index in [1.165, 1.54) is 4.90 Å². The van der Waals surface area contributed by atoms with Crippen LogP contribution in [0, 0.1) is 0 Å². The molecule has 0 radical (unpaired) electrons. The van der Waals surface area contributed by atoms with Crippen molar-refractivity contribution in [3.8, 4) is 5.75 Å². The number of carbonyl (C=O) groups is 1. The molecule has 0 aliphatic carbocycles. The van der Waals surface area contributed by atoms with Crippen molar-refractivity contribution in [3.63, 3.8) is 0 Å². The fourth-order valence-electron chi connectivity index (χ4n) is 1.84. The Balaban J connectivity index is 2.28. The van der Waals surface area contributed by atoms with Crippen molar-refractivity contribution in [3.05, 3.63) is 18.2 Å². The first-order valence-electron chi connectivity index (χ1n) is 5.97. The Morgan fingerprint density at radius 3 is 2.84 bits per heavy atom. The van der Waals surface area contributed by atoms with Gasteiger partial charge in [-0.1, -0.05) is 6.92 Å². The number of benzene rings is 1. The quantitative estimate of drug-likeness (QED) is 0.901. The normalized spacial score (nSPS) is 14.8. The molecule has 0 spiro atoms. The Labute approximate surface area is 112 Å². The summed E-state index contributed by atoms with van der Waals surface area (Å²) in [4.78, 5) is 13.0. The number of nitrogens with zero attached hydrogens (tertiary/aromatic N) is 1. The van der Waals surface area contributed by atoms with Gasteiger partial charge in [0, 0.05) is 7.05 Å². The molecule has 1 aromatic rings. The third kappa shape index (κ3) is 2.98. The highest BCUT2D eigenvalue weighted by Gasteiger charge is 2.22. The Morgan fingerprint density at radius 1 is 1.42 bits per heavy atom. The smallest absolute Gasteiger partial charge is 0.264 e. The molecule has 0 aromatic heterocycles. The summed E-state index contributed by atoms with van der Waals surface area (Å²) in [6.07, 6.45) is 0.543. The highest BCUT2D eigenvalue weighted by molar-refractivity contribution is 7.92. The minimum atomic E-state index is -3.34. The minimum Gasteiger partial charge on any atom is -0.482 e. The largest absolute Gasteiger partial charge is 0.482 e. The standard InChI is InChI=1S/C12H16N2O4S/c1-3-6-19(16,17)13-9-4-5-11-10(7-9)14(2)12(15)8-18-11/h4-5,7,13H,3,6,8H2,1-2H3. The summed E-state index contributed by atoms with van der Waals surface area (Å²) in [5.74, 6) is 0.469. The SMILES string of the molecule is CCCS(=O)(=O)Nc1ccc2c(c1)N(C)C(=O)CO2. The third-order valence-corrected chi connectivity index (χ3v) is 4.28. The van der Waals surface area contributed by atoms with Gasteiger partial charge >= 0.3 is 0 Å². The Morgan fingerprint density at radius 2 is 2.16 bits per heavy atom. The lowest BCUT2D eigenvalue weighted by Gasteiger charge is -2.26. The maximum absolute atomic E-state index is 11.7. The molecule has 104 valence electrons. The molecule has 6 nitrogen and oxygen atoms in total. The summed E-state index contributed by atoms with van der Waals surface area (Å²) in [7, 11) is -1.70. The number of likely N-dealkylation sites (N-methyl/N-ethyl adjacent to an activating group) is 1. The molecule has 1 N–H and O–H groups in total. The summed E-state index contributed by atoms with van der Waals surface area (Å²) in [5, 5.41) is 0. The molecule has 1 aliphatic heterocycles. The van der Waals surface area contributed by atoms with Crippen LogP contribution >= 0.6 is 0 Å². The average Bonchev–Trinajstić information content (AvgIpc) is 2.34. The number of rotatable bonds is 4. The van der Waals surface area contributed by atoms with Crippen molar-refractivity contribution in [1.29, 1.82) is 0 Å². The van der Waals surface area contributed by atoms with Gasteiger partial charge in [0.25, 0.3) is 5.91 Å². The van der Waals surface area contributed by atoms with Gasteiger partial charge in [-0.05, 0) is 24.6 Å². The molecule has 2 rings (SSSR count). The van der Waals surface area contributed by atoms with Crippen LogP contribution in [0.4, 0.5) is 11.4 Å². The number of fused-ring (bicyclic) bond motifs is 1. The first-order valence-corrected chi connectivity index (χ1v) is 7.62. The monoisotopic (exact) mass is 284 g/mol. The topological polar surface area (TPSA) is 75.7 Å². The average molecular weight is 284 g/mol.